The van der Waals surface area contributed by atoms with Crippen LogP contribution in [0.3, 0.4) is 0 Å². The van der Waals surface area contributed by atoms with Gasteiger partial charge in [0.05, 0.1) is 6.10 Å². The first-order valence-corrected chi connectivity index (χ1v) is 5.56. The molecule has 0 fully saturated rings. The molecule has 2 nitrogen and oxygen atoms in total. The summed E-state index contributed by atoms with van der Waals surface area (Å²) >= 11 is 1.40. The summed E-state index contributed by atoms with van der Waals surface area (Å²) in [6, 6.07) is 4.26. The quantitative estimate of drug-likeness (QED) is 0.757. The average molecular weight is 215 g/mol. The summed E-state index contributed by atoms with van der Waals surface area (Å²) in [6.07, 6.45) is 0.894. The van der Waals surface area contributed by atoms with Gasteiger partial charge in [0, 0.05) is 16.5 Å². The highest BCUT2D eigenvalue weighted by Crippen LogP contribution is 2.29. The zero-order valence-electron chi connectivity index (χ0n) is 8.20. The number of hydrogen-bond acceptors (Lipinski definition) is 3. The molecule has 0 radical (unpaired) electrons. The van der Waals surface area contributed by atoms with E-state index < -0.39 is 18.0 Å². The lowest BCUT2D eigenvalue weighted by molar-refractivity contribution is 0.146. The van der Waals surface area contributed by atoms with E-state index in [9.17, 15) is 9.50 Å². The third kappa shape index (κ3) is 2.26. The fourth-order valence-electron chi connectivity index (χ4n) is 1.25. The Morgan fingerprint density at radius 2 is 2.14 bits per heavy atom. The van der Waals surface area contributed by atoms with Gasteiger partial charge in [0.1, 0.15) is 5.82 Å². The summed E-state index contributed by atoms with van der Waals surface area (Å²) in [4.78, 5) is 0.731. The molecule has 0 heterocycles. The summed E-state index contributed by atoms with van der Waals surface area (Å²) in [7, 11) is 0. The van der Waals surface area contributed by atoms with Crippen molar-refractivity contribution in [1.82, 2.24) is 0 Å². The molecule has 0 saturated heterocycles. The zero-order valence-corrected chi connectivity index (χ0v) is 9.01. The summed E-state index contributed by atoms with van der Waals surface area (Å²) in [5.74, 6) is -0.401. The standard InChI is InChI=1S/C10H14FNOS/c1-6(12)10(13)9-7(11)4-3-5-8(9)14-2/h3-6,10,13H,12H2,1-2H3. The van der Waals surface area contributed by atoms with Gasteiger partial charge in [-0.3, -0.25) is 0 Å². The van der Waals surface area contributed by atoms with Gasteiger partial charge in [-0.05, 0) is 25.3 Å². The molecule has 0 bridgehead atoms. The largest absolute Gasteiger partial charge is 0.387 e. The third-order valence-electron chi connectivity index (χ3n) is 2.03. The number of nitrogens with two attached hydrogens (primary N) is 1. The minimum absolute atomic E-state index is 0.301. The predicted molar refractivity (Wildman–Crippen MR) is 56.8 cm³/mol. The first-order valence-electron chi connectivity index (χ1n) is 4.34. The summed E-state index contributed by atoms with van der Waals surface area (Å²) in [5.41, 5.74) is 5.84. The van der Waals surface area contributed by atoms with Crippen molar-refractivity contribution in [3.05, 3.63) is 29.6 Å². The normalized spacial score (nSPS) is 15.2. The Bertz CT molecular complexity index is 317. The first-order chi connectivity index (χ1) is 6.57. The van der Waals surface area contributed by atoms with Gasteiger partial charge in [-0.2, -0.15) is 0 Å². The Hall–Kier alpha value is -0.580. The monoisotopic (exact) mass is 215 g/mol. The second kappa shape index (κ2) is 4.77. The molecule has 78 valence electrons. The van der Waals surface area contributed by atoms with Crippen LogP contribution in [0.15, 0.2) is 23.1 Å². The van der Waals surface area contributed by atoms with Crippen LogP contribution in [0.25, 0.3) is 0 Å². The number of rotatable bonds is 3. The molecular formula is C10H14FNOS. The number of thioether (sulfide) groups is 1. The lowest BCUT2D eigenvalue weighted by Crippen LogP contribution is -2.25. The maximum atomic E-state index is 13.4. The van der Waals surface area contributed by atoms with E-state index in [0.29, 0.717) is 5.56 Å². The molecule has 0 aromatic heterocycles. The smallest absolute Gasteiger partial charge is 0.130 e. The van der Waals surface area contributed by atoms with E-state index in [-0.39, 0.29) is 0 Å². The van der Waals surface area contributed by atoms with E-state index in [2.05, 4.69) is 0 Å². The molecule has 14 heavy (non-hydrogen) atoms. The minimum Gasteiger partial charge on any atom is -0.387 e. The van der Waals surface area contributed by atoms with Crippen LogP contribution in [0.4, 0.5) is 4.39 Å². The van der Waals surface area contributed by atoms with Crippen LogP contribution in [-0.2, 0) is 0 Å². The van der Waals surface area contributed by atoms with E-state index in [0.717, 1.165) is 4.90 Å². The van der Waals surface area contributed by atoms with Crippen LogP contribution < -0.4 is 5.73 Å². The number of benzene rings is 1. The molecule has 0 spiro atoms. The Morgan fingerprint density at radius 1 is 1.50 bits per heavy atom. The Morgan fingerprint density at radius 3 is 2.64 bits per heavy atom. The molecule has 0 aliphatic carbocycles. The van der Waals surface area contributed by atoms with E-state index in [1.165, 1.54) is 17.8 Å². The fraction of sp³-hybridized carbons (Fsp3) is 0.400. The van der Waals surface area contributed by atoms with Gasteiger partial charge < -0.3 is 10.8 Å². The number of halogens is 1. The molecule has 4 heteroatoms. The Balaban J connectivity index is 3.16. The SMILES string of the molecule is CSc1cccc(F)c1C(O)C(C)N. The molecule has 1 rings (SSSR count). The highest BCUT2D eigenvalue weighted by molar-refractivity contribution is 7.98. The molecule has 3 N–H and O–H groups in total. The molecule has 0 aliphatic rings. The van der Waals surface area contributed by atoms with E-state index in [4.69, 9.17) is 5.73 Å². The lowest BCUT2D eigenvalue weighted by Gasteiger charge is -2.18. The number of aliphatic hydroxyl groups excluding tert-OH is 1. The molecule has 2 unspecified atom stereocenters. The van der Waals surface area contributed by atoms with E-state index in [1.807, 2.05) is 6.26 Å². The highest BCUT2D eigenvalue weighted by atomic mass is 32.2. The lowest BCUT2D eigenvalue weighted by atomic mass is 10.0. The molecule has 0 amide bonds. The average Bonchev–Trinajstić information content (AvgIpc) is 2.16. The van der Waals surface area contributed by atoms with Crippen LogP contribution >= 0.6 is 11.8 Å². The van der Waals surface area contributed by atoms with Gasteiger partial charge in [0.15, 0.2) is 0 Å². The van der Waals surface area contributed by atoms with Crippen molar-refractivity contribution >= 4 is 11.8 Å². The third-order valence-corrected chi connectivity index (χ3v) is 2.82. The highest BCUT2D eigenvalue weighted by Gasteiger charge is 2.19. The van der Waals surface area contributed by atoms with Crippen molar-refractivity contribution in [2.24, 2.45) is 5.73 Å². The topological polar surface area (TPSA) is 46.2 Å². The van der Waals surface area contributed by atoms with E-state index in [1.54, 1.807) is 19.1 Å². The zero-order chi connectivity index (χ0) is 10.7. The molecule has 1 aromatic carbocycles. The van der Waals surface area contributed by atoms with Crippen molar-refractivity contribution in [1.29, 1.82) is 0 Å². The van der Waals surface area contributed by atoms with Gasteiger partial charge in [-0.15, -0.1) is 11.8 Å². The maximum Gasteiger partial charge on any atom is 0.130 e. The summed E-state index contributed by atoms with van der Waals surface area (Å²) in [6.45, 7) is 1.65. The number of hydrogen-bond donors (Lipinski definition) is 2. The van der Waals surface area contributed by atoms with Crippen LogP contribution in [0.2, 0.25) is 0 Å². The predicted octanol–water partition coefficient (Wildman–Crippen LogP) is 1.93. The van der Waals surface area contributed by atoms with Crippen LogP contribution in [-0.4, -0.2) is 17.4 Å². The van der Waals surface area contributed by atoms with Gasteiger partial charge in [-0.25, -0.2) is 4.39 Å². The van der Waals surface area contributed by atoms with Gasteiger partial charge in [0.25, 0.3) is 0 Å². The van der Waals surface area contributed by atoms with Crippen molar-refractivity contribution in [2.45, 2.75) is 24.0 Å². The molecule has 0 aliphatic heterocycles. The minimum atomic E-state index is -0.946. The van der Waals surface area contributed by atoms with Gasteiger partial charge >= 0.3 is 0 Å². The summed E-state index contributed by atoms with van der Waals surface area (Å²) in [5, 5.41) is 9.71. The molecular weight excluding hydrogens is 201 g/mol. The summed E-state index contributed by atoms with van der Waals surface area (Å²) < 4.78 is 13.4. The molecule has 2 atom stereocenters. The van der Waals surface area contributed by atoms with Crippen molar-refractivity contribution < 1.29 is 9.50 Å². The Kier molecular flexibility index (Phi) is 3.92. The second-order valence-electron chi connectivity index (χ2n) is 3.16. The van der Waals surface area contributed by atoms with Crippen molar-refractivity contribution in [2.75, 3.05) is 6.26 Å². The number of aliphatic hydroxyl groups is 1. The molecule has 0 saturated carbocycles. The van der Waals surface area contributed by atoms with Crippen LogP contribution in [0, 0.1) is 5.82 Å². The first kappa shape index (κ1) is 11.5. The maximum absolute atomic E-state index is 13.4. The van der Waals surface area contributed by atoms with Crippen molar-refractivity contribution in [3.63, 3.8) is 0 Å². The van der Waals surface area contributed by atoms with Crippen LogP contribution in [0.1, 0.15) is 18.6 Å². The van der Waals surface area contributed by atoms with E-state index >= 15 is 0 Å². The second-order valence-corrected chi connectivity index (χ2v) is 4.01. The van der Waals surface area contributed by atoms with Gasteiger partial charge in [-0.1, -0.05) is 6.07 Å². The van der Waals surface area contributed by atoms with Crippen molar-refractivity contribution in [3.8, 4) is 0 Å². The van der Waals surface area contributed by atoms with Crippen LogP contribution in [0.5, 0.6) is 0 Å². The van der Waals surface area contributed by atoms with Gasteiger partial charge in [0.2, 0.25) is 0 Å². The Labute approximate surface area is 87.3 Å². The fourth-order valence-corrected chi connectivity index (χ4v) is 1.90. The molecule has 1 aromatic rings.